The van der Waals surface area contributed by atoms with Gasteiger partial charge in [0.2, 0.25) is 15.9 Å². The smallest absolute Gasteiger partial charge is 0.272 e. The predicted molar refractivity (Wildman–Crippen MR) is 108 cm³/mol. The number of anilines is 1. The zero-order chi connectivity index (χ0) is 22.3. The summed E-state index contributed by atoms with van der Waals surface area (Å²) < 4.78 is 74.9. The molecule has 0 aliphatic rings. The van der Waals surface area contributed by atoms with Crippen LogP contribution in [0, 0.1) is 5.82 Å². The molecule has 2 aromatic carbocycles. The summed E-state index contributed by atoms with van der Waals surface area (Å²) in [5.41, 5.74) is 0.430. The van der Waals surface area contributed by atoms with Crippen molar-refractivity contribution in [3.8, 4) is 5.75 Å². The van der Waals surface area contributed by atoms with Crippen LogP contribution < -0.4 is 9.04 Å². The number of nitrogens with zero attached hydrogens (tertiary/aromatic N) is 3. The zero-order valence-corrected chi connectivity index (χ0v) is 17.1. The normalized spacial score (nSPS) is 12.0. The van der Waals surface area contributed by atoms with E-state index in [0.29, 0.717) is 11.4 Å². The van der Waals surface area contributed by atoms with Crippen molar-refractivity contribution in [2.75, 3.05) is 24.3 Å². The van der Waals surface area contributed by atoms with Gasteiger partial charge in [0.15, 0.2) is 6.61 Å². The molecule has 2 aromatic rings. The second-order valence-electron chi connectivity index (χ2n) is 6.02. The Morgan fingerprint density at radius 1 is 1.20 bits per heavy atom. The van der Waals surface area contributed by atoms with Gasteiger partial charge in [-0.1, -0.05) is 6.07 Å². The van der Waals surface area contributed by atoms with E-state index in [9.17, 15) is 21.6 Å². The van der Waals surface area contributed by atoms with Crippen LogP contribution in [0.2, 0.25) is 0 Å². The molecule has 0 spiro atoms. The van der Waals surface area contributed by atoms with Crippen LogP contribution in [0.1, 0.15) is 11.1 Å². The summed E-state index contributed by atoms with van der Waals surface area (Å²) in [7, 11) is -2.26. The molecule has 0 radical (unpaired) electrons. The number of ether oxygens (including phenoxy) is 2. The molecule has 0 fully saturated rings. The van der Waals surface area contributed by atoms with Crippen LogP contribution in [-0.4, -0.2) is 47.4 Å². The second-order valence-corrected chi connectivity index (χ2v) is 7.93. The van der Waals surface area contributed by atoms with Gasteiger partial charge in [0, 0.05) is 17.8 Å². The lowest BCUT2D eigenvalue weighted by Crippen LogP contribution is -2.29. The molecule has 0 amide bonds. The first-order valence-electron chi connectivity index (χ1n) is 8.51. The summed E-state index contributed by atoms with van der Waals surface area (Å²) in [6.45, 7) is 1.89. The van der Waals surface area contributed by atoms with E-state index in [0.717, 1.165) is 16.6 Å². The van der Waals surface area contributed by atoms with Crippen molar-refractivity contribution in [3.63, 3.8) is 0 Å². The molecule has 30 heavy (non-hydrogen) atoms. The molecule has 0 unspecified atom stereocenters. The van der Waals surface area contributed by atoms with Gasteiger partial charge >= 0.3 is 0 Å². The van der Waals surface area contributed by atoms with Crippen LogP contribution in [0.3, 0.4) is 0 Å². The molecule has 0 saturated heterocycles. The minimum atomic E-state index is -3.73. The van der Waals surface area contributed by atoms with Crippen LogP contribution in [0.5, 0.6) is 5.75 Å². The molecule has 0 aliphatic carbocycles. The van der Waals surface area contributed by atoms with Gasteiger partial charge in [-0.3, -0.25) is 4.31 Å². The molecule has 0 heterocycles. The summed E-state index contributed by atoms with van der Waals surface area (Å²) in [6.07, 6.45) is -1.75. The quantitative estimate of drug-likeness (QED) is 0.338. The van der Waals surface area contributed by atoms with Crippen molar-refractivity contribution < 1.29 is 31.1 Å². The standard InChI is InChI=1S/C19H20F3N3O4S/c1-23-24-19(29-12-18(21)22)13-4-5-14(17(20)10-13)11-25(30(3,26)27)15-6-8-16(28-2)9-7-15/h4-10,18H,1,11-12H2,2-3H3/b24-19-. The van der Waals surface area contributed by atoms with Crippen molar-refractivity contribution in [1.29, 1.82) is 0 Å². The van der Waals surface area contributed by atoms with Crippen molar-refractivity contribution in [2.24, 2.45) is 10.2 Å². The fourth-order valence-electron chi connectivity index (χ4n) is 2.49. The fourth-order valence-corrected chi connectivity index (χ4v) is 3.37. The molecular formula is C19H20F3N3O4S. The number of halogens is 3. The molecule has 0 aromatic heterocycles. The maximum absolute atomic E-state index is 14.7. The minimum Gasteiger partial charge on any atom is -0.497 e. The van der Waals surface area contributed by atoms with E-state index in [1.165, 1.54) is 31.4 Å². The number of hydrogen-bond donors (Lipinski definition) is 0. The number of hydrogen-bond acceptors (Lipinski definition) is 6. The van der Waals surface area contributed by atoms with E-state index in [1.807, 2.05) is 0 Å². The third-order valence-corrected chi connectivity index (χ3v) is 5.02. The lowest BCUT2D eigenvalue weighted by Gasteiger charge is -2.23. The van der Waals surface area contributed by atoms with E-state index < -0.39 is 28.9 Å². The predicted octanol–water partition coefficient (Wildman–Crippen LogP) is 3.44. The van der Waals surface area contributed by atoms with E-state index in [4.69, 9.17) is 9.47 Å². The Labute approximate surface area is 172 Å². The Kier molecular flexibility index (Phi) is 7.81. The summed E-state index contributed by atoms with van der Waals surface area (Å²) in [5.74, 6) is -0.563. The molecule has 7 nitrogen and oxygen atoms in total. The minimum absolute atomic E-state index is 0.0552. The Morgan fingerprint density at radius 3 is 2.37 bits per heavy atom. The Bertz CT molecular complexity index is 1010. The molecular weight excluding hydrogens is 423 g/mol. The third kappa shape index (κ3) is 6.21. The molecule has 162 valence electrons. The third-order valence-electron chi connectivity index (χ3n) is 3.88. The molecule has 2 rings (SSSR count). The molecule has 0 atom stereocenters. The maximum Gasteiger partial charge on any atom is 0.272 e. The number of sulfonamides is 1. The first-order valence-corrected chi connectivity index (χ1v) is 10.4. The van der Waals surface area contributed by atoms with E-state index >= 15 is 0 Å². The Hall–Kier alpha value is -3.08. The van der Waals surface area contributed by atoms with Gasteiger partial charge in [-0.15, -0.1) is 5.10 Å². The van der Waals surface area contributed by atoms with E-state index in [1.54, 1.807) is 12.1 Å². The zero-order valence-electron chi connectivity index (χ0n) is 16.3. The highest BCUT2D eigenvalue weighted by molar-refractivity contribution is 7.92. The summed E-state index contributed by atoms with van der Waals surface area (Å²) in [4.78, 5) is 0. The number of alkyl halides is 2. The molecule has 0 saturated carbocycles. The topological polar surface area (TPSA) is 80.6 Å². The van der Waals surface area contributed by atoms with Crippen LogP contribution in [-0.2, 0) is 21.3 Å². The Balaban J connectivity index is 2.33. The number of rotatable bonds is 9. The highest BCUT2D eigenvalue weighted by atomic mass is 32.2. The van der Waals surface area contributed by atoms with Crippen LogP contribution in [0.4, 0.5) is 18.9 Å². The van der Waals surface area contributed by atoms with Crippen molar-refractivity contribution in [2.45, 2.75) is 13.0 Å². The monoisotopic (exact) mass is 443 g/mol. The van der Waals surface area contributed by atoms with Crippen molar-refractivity contribution >= 4 is 28.3 Å². The average molecular weight is 443 g/mol. The fraction of sp³-hybridized carbons (Fsp3) is 0.263. The van der Waals surface area contributed by atoms with Gasteiger partial charge in [0.25, 0.3) is 6.43 Å². The van der Waals surface area contributed by atoms with Crippen LogP contribution >= 0.6 is 0 Å². The average Bonchev–Trinajstić information content (AvgIpc) is 2.69. The van der Waals surface area contributed by atoms with Gasteiger partial charge in [0.1, 0.15) is 11.6 Å². The van der Waals surface area contributed by atoms with Crippen molar-refractivity contribution in [3.05, 3.63) is 59.4 Å². The molecule has 11 heteroatoms. The molecule has 0 aliphatic heterocycles. The number of methoxy groups -OCH3 is 1. The van der Waals surface area contributed by atoms with Gasteiger partial charge in [-0.05, 0) is 36.4 Å². The largest absolute Gasteiger partial charge is 0.497 e. The summed E-state index contributed by atoms with van der Waals surface area (Å²) in [6, 6.07) is 9.91. The SMILES string of the molecule is C=N/N=C(\OCC(F)F)c1ccc(CN(c2ccc(OC)cc2)S(C)(=O)=O)c(F)c1. The highest BCUT2D eigenvalue weighted by Gasteiger charge is 2.20. The van der Waals surface area contributed by atoms with Gasteiger partial charge in [0.05, 0.1) is 25.6 Å². The number of benzene rings is 2. The first kappa shape index (κ1) is 23.2. The summed E-state index contributed by atoms with van der Waals surface area (Å²) in [5, 5.41) is 6.72. The lowest BCUT2D eigenvalue weighted by atomic mass is 10.1. The summed E-state index contributed by atoms with van der Waals surface area (Å²) >= 11 is 0. The molecule has 0 N–H and O–H groups in total. The second kappa shape index (κ2) is 10.1. The van der Waals surface area contributed by atoms with Gasteiger partial charge in [-0.2, -0.15) is 5.10 Å². The van der Waals surface area contributed by atoms with Gasteiger partial charge in [-0.25, -0.2) is 21.6 Å². The molecule has 0 bridgehead atoms. The lowest BCUT2D eigenvalue weighted by molar-refractivity contribution is 0.0765. The first-order chi connectivity index (χ1) is 14.2. The van der Waals surface area contributed by atoms with E-state index in [-0.39, 0.29) is 23.6 Å². The van der Waals surface area contributed by atoms with Crippen LogP contribution in [0.25, 0.3) is 0 Å². The van der Waals surface area contributed by atoms with E-state index in [2.05, 4.69) is 16.9 Å². The Morgan fingerprint density at radius 2 is 1.87 bits per heavy atom. The van der Waals surface area contributed by atoms with Crippen molar-refractivity contribution in [1.82, 2.24) is 0 Å². The maximum atomic E-state index is 14.7. The van der Waals surface area contributed by atoms with Crippen LogP contribution in [0.15, 0.2) is 52.7 Å². The highest BCUT2D eigenvalue weighted by Crippen LogP contribution is 2.25. The van der Waals surface area contributed by atoms with Gasteiger partial charge < -0.3 is 9.47 Å².